The fraction of sp³-hybridized carbons (Fsp3) is 0.500. The average Bonchev–Trinajstić information content (AvgIpc) is 3.22. The maximum Gasteiger partial charge on any atom is 0.242 e. The molecule has 5 nitrogen and oxygen atoms in total. The molecule has 30 heavy (non-hydrogen) atoms. The predicted octanol–water partition coefficient (Wildman–Crippen LogP) is 4.33. The zero-order valence-corrected chi connectivity index (χ0v) is 18.6. The third-order valence-corrected chi connectivity index (χ3v) is 6.37. The minimum Gasteiger partial charge on any atom is -0.382 e. The van der Waals surface area contributed by atoms with Crippen LogP contribution in [0.5, 0.6) is 0 Å². The van der Waals surface area contributed by atoms with Crippen molar-refractivity contribution in [3.05, 3.63) is 58.3 Å². The quantitative estimate of drug-likeness (QED) is 0.473. The van der Waals surface area contributed by atoms with Crippen molar-refractivity contribution < 1.29 is 14.3 Å². The molecule has 1 fully saturated rings. The maximum atomic E-state index is 13.3. The Morgan fingerprint density at radius 2 is 1.87 bits per heavy atom. The third kappa shape index (κ3) is 6.67. The van der Waals surface area contributed by atoms with Crippen molar-refractivity contribution >= 4 is 23.2 Å². The van der Waals surface area contributed by atoms with E-state index in [0.29, 0.717) is 32.8 Å². The molecule has 0 atom stereocenters. The Hall–Kier alpha value is -2.18. The summed E-state index contributed by atoms with van der Waals surface area (Å²) in [7, 11) is 0. The SMILES string of the molecule is CCOCCCN(CC(=O)N(Cc1ccccc1)Cc1cccs1)C(=O)C1CCC1. The molecule has 1 saturated carbocycles. The van der Waals surface area contributed by atoms with Gasteiger partial charge < -0.3 is 14.5 Å². The van der Waals surface area contributed by atoms with E-state index in [2.05, 4.69) is 6.07 Å². The second-order valence-electron chi connectivity index (χ2n) is 7.75. The zero-order chi connectivity index (χ0) is 21.2. The van der Waals surface area contributed by atoms with E-state index in [1.165, 1.54) is 0 Å². The molecule has 3 rings (SSSR count). The molecule has 2 amide bonds. The zero-order valence-electron chi connectivity index (χ0n) is 17.8. The van der Waals surface area contributed by atoms with Gasteiger partial charge in [0.05, 0.1) is 13.1 Å². The first-order chi connectivity index (χ1) is 14.7. The fourth-order valence-corrected chi connectivity index (χ4v) is 4.29. The smallest absolute Gasteiger partial charge is 0.242 e. The molecule has 1 heterocycles. The number of nitrogens with zero attached hydrogens (tertiary/aromatic N) is 2. The van der Waals surface area contributed by atoms with Crippen molar-refractivity contribution in [1.82, 2.24) is 9.80 Å². The summed E-state index contributed by atoms with van der Waals surface area (Å²) in [5.41, 5.74) is 1.09. The summed E-state index contributed by atoms with van der Waals surface area (Å²) < 4.78 is 5.43. The number of hydrogen-bond donors (Lipinski definition) is 0. The first-order valence-electron chi connectivity index (χ1n) is 10.9. The summed E-state index contributed by atoms with van der Waals surface area (Å²) in [6, 6.07) is 14.1. The molecular weight excluding hydrogens is 396 g/mol. The van der Waals surface area contributed by atoms with Crippen LogP contribution in [-0.4, -0.2) is 47.9 Å². The Bertz CT molecular complexity index is 775. The standard InChI is InChI=1S/C24H32N2O3S/c1-2-29-15-8-14-25(24(28)21-11-6-12-21)19-23(27)26(18-22-13-7-16-30-22)17-20-9-4-3-5-10-20/h3-5,7,9-10,13,16,21H,2,6,8,11-12,14-15,17-19H2,1H3. The summed E-state index contributed by atoms with van der Waals surface area (Å²) in [6.07, 6.45) is 3.74. The number of benzene rings is 1. The predicted molar refractivity (Wildman–Crippen MR) is 120 cm³/mol. The van der Waals surface area contributed by atoms with Crippen LogP contribution in [0, 0.1) is 5.92 Å². The molecule has 1 aromatic carbocycles. The van der Waals surface area contributed by atoms with Gasteiger partial charge in [0.1, 0.15) is 0 Å². The van der Waals surface area contributed by atoms with E-state index in [1.807, 2.05) is 53.6 Å². The highest BCUT2D eigenvalue weighted by molar-refractivity contribution is 7.09. The minimum absolute atomic E-state index is 0.00339. The Morgan fingerprint density at radius 3 is 2.50 bits per heavy atom. The van der Waals surface area contributed by atoms with Crippen LogP contribution in [0.1, 0.15) is 43.0 Å². The molecule has 0 radical (unpaired) electrons. The highest BCUT2D eigenvalue weighted by Crippen LogP contribution is 2.28. The van der Waals surface area contributed by atoms with Crippen LogP contribution in [0.25, 0.3) is 0 Å². The van der Waals surface area contributed by atoms with Gasteiger partial charge in [0.25, 0.3) is 0 Å². The van der Waals surface area contributed by atoms with E-state index in [9.17, 15) is 9.59 Å². The number of carbonyl (C=O) groups is 2. The van der Waals surface area contributed by atoms with Crippen LogP contribution >= 0.6 is 11.3 Å². The van der Waals surface area contributed by atoms with E-state index in [-0.39, 0.29) is 24.3 Å². The lowest BCUT2D eigenvalue weighted by Crippen LogP contribution is -2.46. The Morgan fingerprint density at radius 1 is 1.07 bits per heavy atom. The molecule has 2 aromatic rings. The lowest BCUT2D eigenvalue weighted by atomic mass is 9.84. The average molecular weight is 429 g/mol. The molecule has 162 valence electrons. The first kappa shape index (κ1) is 22.5. The monoisotopic (exact) mass is 428 g/mol. The molecule has 0 unspecified atom stereocenters. The van der Waals surface area contributed by atoms with Gasteiger partial charge in [0.2, 0.25) is 11.8 Å². The van der Waals surface area contributed by atoms with Crippen LogP contribution in [-0.2, 0) is 27.4 Å². The summed E-state index contributed by atoms with van der Waals surface area (Å²) in [6.45, 7) is 5.06. The van der Waals surface area contributed by atoms with Crippen molar-refractivity contribution in [3.63, 3.8) is 0 Å². The first-order valence-corrected chi connectivity index (χ1v) is 11.8. The van der Waals surface area contributed by atoms with Gasteiger partial charge in [-0.25, -0.2) is 0 Å². The van der Waals surface area contributed by atoms with Gasteiger partial charge in [-0.05, 0) is 43.2 Å². The van der Waals surface area contributed by atoms with Crippen LogP contribution < -0.4 is 0 Å². The van der Waals surface area contributed by atoms with Gasteiger partial charge >= 0.3 is 0 Å². The van der Waals surface area contributed by atoms with E-state index < -0.39 is 0 Å². The lowest BCUT2D eigenvalue weighted by molar-refractivity contribution is -0.145. The minimum atomic E-state index is -0.00339. The topological polar surface area (TPSA) is 49.9 Å². The van der Waals surface area contributed by atoms with Gasteiger partial charge in [-0.1, -0.05) is 42.8 Å². The Balaban J connectivity index is 1.68. The largest absolute Gasteiger partial charge is 0.382 e. The van der Waals surface area contributed by atoms with E-state index in [4.69, 9.17) is 4.74 Å². The highest BCUT2D eigenvalue weighted by Gasteiger charge is 2.31. The van der Waals surface area contributed by atoms with E-state index in [0.717, 1.165) is 36.1 Å². The molecule has 0 N–H and O–H groups in total. The number of carbonyl (C=O) groups excluding carboxylic acids is 2. The Kier molecular flexibility index (Phi) is 8.90. The molecule has 0 bridgehead atoms. The number of amides is 2. The summed E-state index contributed by atoms with van der Waals surface area (Å²) in [4.78, 5) is 31.0. The van der Waals surface area contributed by atoms with Gasteiger partial charge in [-0.3, -0.25) is 9.59 Å². The molecule has 0 spiro atoms. The fourth-order valence-electron chi connectivity index (χ4n) is 3.57. The third-order valence-electron chi connectivity index (χ3n) is 5.51. The lowest BCUT2D eigenvalue weighted by Gasteiger charge is -2.33. The number of ether oxygens (including phenoxy) is 1. The summed E-state index contributed by atoms with van der Waals surface area (Å²) >= 11 is 1.65. The van der Waals surface area contributed by atoms with E-state index >= 15 is 0 Å². The molecular formula is C24H32N2O3S. The second kappa shape index (κ2) is 11.9. The van der Waals surface area contributed by atoms with Crippen LogP contribution in [0.4, 0.5) is 0 Å². The van der Waals surface area contributed by atoms with Gasteiger partial charge in [0.15, 0.2) is 0 Å². The normalized spacial score (nSPS) is 13.6. The Labute approximate surface area is 183 Å². The number of thiophene rings is 1. The highest BCUT2D eigenvalue weighted by atomic mass is 32.1. The molecule has 1 aliphatic rings. The summed E-state index contributed by atoms with van der Waals surface area (Å²) in [5.74, 6) is 0.211. The van der Waals surface area contributed by atoms with Crippen molar-refractivity contribution in [3.8, 4) is 0 Å². The number of hydrogen-bond acceptors (Lipinski definition) is 4. The molecule has 1 aliphatic carbocycles. The van der Waals surface area contributed by atoms with Crippen LogP contribution in [0.3, 0.4) is 0 Å². The second-order valence-corrected chi connectivity index (χ2v) is 8.79. The summed E-state index contributed by atoms with van der Waals surface area (Å²) in [5, 5.41) is 2.03. The van der Waals surface area contributed by atoms with Crippen molar-refractivity contribution in [2.45, 2.75) is 45.7 Å². The molecule has 1 aromatic heterocycles. The molecule has 0 aliphatic heterocycles. The molecule has 0 saturated heterocycles. The van der Waals surface area contributed by atoms with Gasteiger partial charge in [0, 0.05) is 37.1 Å². The van der Waals surface area contributed by atoms with Crippen molar-refractivity contribution in [2.75, 3.05) is 26.3 Å². The van der Waals surface area contributed by atoms with E-state index in [1.54, 1.807) is 16.2 Å². The van der Waals surface area contributed by atoms with Crippen molar-refractivity contribution in [2.24, 2.45) is 5.92 Å². The maximum absolute atomic E-state index is 13.3. The van der Waals surface area contributed by atoms with Crippen LogP contribution in [0.2, 0.25) is 0 Å². The number of rotatable bonds is 12. The van der Waals surface area contributed by atoms with Gasteiger partial charge in [-0.15, -0.1) is 11.3 Å². The molecule has 6 heteroatoms. The van der Waals surface area contributed by atoms with Gasteiger partial charge in [-0.2, -0.15) is 0 Å². The van der Waals surface area contributed by atoms with Crippen molar-refractivity contribution in [1.29, 1.82) is 0 Å². The van der Waals surface area contributed by atoms with Crippen LogP contribution in [0.15, 0.2) is 47.8 Å².